The van der Waals surface area contributed by atoms with Crippen molar-refractivity contribution in [2.45, 2.75) is 38.6 Å². The van der Waals surface area contributed by atoms with Crippen molar-refractivity contribution in [3.8, 4) is 5.88 Å². The van der Waals surface area contributed by atoms with Crippen molar-refractivity contribution in [3.63, 3.8) is 0 Å². The van der Waals surface area contributed by atoms with E-state index in [4.69, 9.17) is 10.5 Å². The van der Waals surface area contributed by atoms with Crippen LogP contribution in [0.15, 0.2) is 12.1 Å². The molecule has 2 aliphatic rings. The number of pyridine rings is 1. The minimum absolute atomic E-state index is 0.371. The van der Waals surface area contributed by atoms with Gasteiger partial charge in [-0.1, -0.05) is 0 Å². The van der Waals surface area contributed by atoms with Crippen molar-refractivity contribution in [2.24, 2.45) is 5.92 Å². The van der Waals surface area contributed by atoms with Crippen LogP contribution in [-0.2, 0) is 0 Å². The van der Waals surface area contributed by atoms with Crippen LogP contribution in [0.25, 0.3) is 0 Å². The fourth-order valence-corrected chi connectivity index (χ4v) is 2.78. The third kappa shape index (κ3) is 4.24. The third-order valence-corrected chi connectivity index (χ3v) is 4.17. The van der Waals surface area contributed by atoms with E-state index >= 15 is 0 Å². The van der Waals surface area contributed by atoms with Gasteiger partial charge < -0.3 is 20.7 Å². The molecule has 1 aromatic heterocycles. The zero-order valence-corrected chi connectivity index (χ0v) is 12.8. The molecule has 1 unspecified atom stereocenters. The number of aromatic nitrogens is 1. The first-order valence-electron chi connectivity index (χ1n) is 8.09. The molecular formula is C16H26N4O. The van der Waals surface area contributed by atoms with E-state index in [0.29, 0.717) is 23.5 Å². The predicted molar refractivity (Wildman–Crippen MR) is 85.6 cm³/mol. The van der Waals surface area contributed by atoms with Crippen LogP contribution in [0.4, 0.5) is 11.5 Å². The number of rotatable bonds is 7. The average molecular weight is 290 g/mol. The van der Waals surface area contributed by atoms with E-state index in [1.54, 1.807) is 0 Å². The quantitative estimate of drug-likeness (QED) is 0.807. The second-order valence-corrected chi connectivity index (χ2v) is 6.40. The molecule has 1 saturated carbocycles. The van der Waals surface area contributed by atoms with Crippen molar-refractivity contribution < 1.29 is 4.74 Å². The summed E-state index contributed by atoms with van der Waals surface area (Å²) in [6.45, 7) is 6.43. The van der Waals surface area contributed by atoms with Gasteiger partial charge in [-0.25, -0.2) is 0 Å². The Hall–Kier alpha value is -1.49. The zero-order chi connectivity index (χ0) is 14.7. The van der Waals surface area contributed by atoms with Gasteiger partial charge in [0, 0.05) is 12.6 Å². The van der Waals surface area contributed by atoms with Crippen LogP contribution in [0.5, 0.6) is 5.88 Å². The normalized spacial score (nSPS) is 20.4. The van der Waals surface area contributed by atoms with Crippen molar-refractivity contribution >= 4 is 11.5 Å². The second-order valence-electron chi connectivity index (χ2n) is 6.40. The smallest absolute Gasteiger partial charge is 0.239 e. The molecule has 0 amide bonds. The Morgan fingerprint density at radius 1 is 1.38 bits per heavy atom. The molecule has 5 heteroatoms. The summed E-state index contributed by atoms with van der Waals surface area (Å²) in [5, 5.41) is 3.45. The zero-order valence-electron chi connectivity index (χ0n) is 12.8. The number of nitrogen functional groups attached to an aromatic ring is 1. The third-order valence-electron chi connectivity index (χ3n) is 4.17. The van der Waals surface area contributed by atoms with Gasteiger partial charge in [0.05, 0.1) is 12.3 Å². The Morgan fingerprint density at radius 2 is 2.14 bits per heavy atom. The van der Waals surface area contributed by atoms with Crippen molar-refractivity contribution in [1.29, 1.82) is 0 Å². The molecule has 1 aliphatic carbocycles. The molecule has 3 rings (SSSR count). The first kappa shape index (κ1) is 14.4. The molecule has 21 heavy (non-hydrogen) atoms. The van der Waals surface area contributed by atoms with Gasteiger partial charge in [-0.3, -0.25) is 0 Å². The van der Waals surface area contributed by atoms with Crippen LogP contribution in [0.2, 0.25) is 0 Å². The van der Waals surface area contributed by atoms with Gasteiger partial charge in [0.15, 0.2) is 0 Å². The standard InChI is InChI=1S/C16H26N4O/c1-12(10-20-8-2-3-9-20)18-15-7-6-14(17)16(19-15)21-11-13-4-5-13/h6-7,12-13H,2-5,8-11,17H2,1H3,(H,18,19). The van der Waals surface area contributed by atoms with Gasteiger partial charge in [-0.05, 0) is 63.7 Å². The van der Waals surface area contributed by atoms with Crippen LogP contribution < -0.4 is 15.8 Å². The fraction of sp³-hybridized carbons (Fsp3) is 0.688. The number of likely N-dealkylation sites (tertiary alicyclic amines) is 1. The number of nitrogens with zero attached hydrogens (tertiary/aromatic N) is 2. The Kier molecular flexibility index (Phi) is 4.48. The van der Waals surface area contributed by atoms with Gasteiger partial charge >= 0.3 is 0 Å². The Balaban J connectivity index is 1.54. The topological polar surface area (TPSA) is 63.4 Å². The molecule has 116 valence electrons. The van der Waals surface area contributed by atoms with E-state index in [2.05, 4.69) is 22.1 Å². The summed E-state index contributed by atoms with van der Waals surface area (Å²) in [5.74, 6) is 2.12. The minimum Gasteiger partial charge on any atom is -0.476 e. The number of nitrogens with two attached hydrogens (primary N) is 1. The Morgan fingerprint density at radius 3 is 2.86 bits per heavy atom. The fourth-order valence-electron chi connectivity index (χ4n) is 2.78. The lowest BCUT2D eigenvalue weighted by molar-refractivity contribution is 0.290. The first-order chi connectivity index (χ1) is 10.2. The highest BCUT2D eigenvalue weighted by atomic mass is 16.5. The minimum atomic E-state index is 0.371. The van der Waals surface area contributed by atoms with E-state index in [1.165, 1.54) is 38.8 Å². The number of hydrogen-bond acceptors (Lipinski definition) is 5. The highest BCUT2D eigenvalue weighted by Gasteiger charge is 2.22. The number of nitrogens with one attached hydrogen (secondary N) is 1. The highest BCUT2D eigenvalue weighted by Crippen LogP contribution is 2.30. The Bertz CT molecular complexity index is 469. The van der Waals surface area contributed by atoms with Crippen LogP contribution in [0.1, 0.15) is 32.6 Å². The molecule has 0 bridgehead atoms. The summed E-state index contributed by atoms with van der Waals surface area (Å²) >= 11 is 0. The van der Waals surface area contributed by atoms with Gasteiger partial charge in [0.25, 0.3) is 0 Å². The van der Waals surface area contributed by atoms with E-state index in [9.17, 15) is 0 Å². The molecule has 1 saturated heterocycles. The number of ether oxygens (including phenoxy) is 1. The van der Waals surface area contributed by atoms with Gasteiger partial charge in [0.2, 0.25) is 5.88 Å². The van der Waals surface area contributed by atoms with Gasteiger partial charge in [-0.15, -0.1) is 0 Å². The molecule has 0 spiro atoms. The summed E-state index contributed by atoms with van der Waals surface area (Å²) in [7, 11) is 0. The molecular weight excluding hydrogens is 264 g/mol. The molecule has 1 aliphatic heterocycles. The summed E-state index contributed by atoms with van der Waals surface area (Å²) in [6.07, 6.45) is 5.19. The Labute approximate surface area is 126 Å². The highest BCUT2D eigenvalue weighted by molar-refractivity contribution is 5.53. The average Bonchev–Trinajstić information content (AvgIpc) is 3.16. The maximum absolute atomic E-state index is 5.94. The predicted octanol–water partition coefficient (Wildman–Crippen LogP) is 2.35. The maximum Gasteiger partial charge on any atom is 0.239 e. The van der Waals surface area contributed by atoms with E-state index < -0.39 is 0 Å². The molecule has 0 radical (unpaired) electrons. The lowest BCUT2D eigenvalue weighted by atomic mass is 10.3. The lowest BCUT2D eigenvalue weighted by Crippen LogP contribution is -2.33. The van der Waals surface area contributed by atoms with Crippen molar-refractivity contribution in [2.75, 3.05) is 37.3 Å². The molecule has 0 aromatic carbocycles. The summed E-state index contributed by atoms with van der Waals surface area (Å²) in [4.78, 5) is 7.01. The van der Waals surface area contributed by atoms with E-state index in [1.807, 2.05) is 12.1 Å². The van der Waals surface area contributed by atoms with Crippen LogP contribution in [0.3, 0.4) is 0 Å². The van der Waals surface area contributed by atoms with Gasteiger partial charge in [0.1, 0.15) is 5.82 Å². The van der Waals surface area contributed by atoms with Crippen molar-refractivity contribution in [3.05, 3.63) is 12.1 Å². The molecule has 5 nitrogen and oxygen atoms in total. The summed E-state index contributed by atoms with van der Waals surface area (Å²) in [6, 6.07) is 4.18. The van der Waals surface area contributed by atoms with Crippen molar-refractivity contribution in [1.82, 2.24) is 9.88 Å². The summed E-state index contributed by atoms with van der Waals surface area (Å²) < 4.78 is 5.73. The number of hydrogen-bond donors (Lipinski definition) is 2. The number of anilines is 2. The van der Waals surface area contributed by atoms with Crippen LogP contribution in [-0.4, -0.2) is 42.2 Å². The largest absolute Gasteiger partial charge is 0.476 e. The molecule has 2 heterocycles. The molecule has 3 N–H and O–H groups in total. The molecule has 1 aromatic rings. The monoisotopic (exact) mass is 290 g/mol. The van der Waals surface area contributed by atoms with Gasteiger partial charge in [-0.2, -0.15) is 4.98 Å². The van der Waals surface area contributed by atoms with Crippen LogP contribution >= 0.6 is 0 Å². The summed E-state index contributed by atoms with van der Waals surface area (Å²) in [5.41, 5.74) is 6.55. The van der Waals surface area contributed by atoms with E-state index in [0.717, 1.165) is 19.0 Å². The lowest BCUT2D eigenvalue weighted by Gasteiger charge is -2.22. The molecule has 1 atom stereocenters. The van der Waals surface area contributed by atoms with E-state index in [-0.39, 0.29) is 0 Å². The maximum atomic E-state index is 5.94. The molecule has 2 fully saturated rings. The first-order valence-corrected chi connectivity index (χ1v) is 8.09. The van der Waals surface area contributed by atoms with Crippen LogP contribution in [0, 0.1) is 5.92 Å². The SMILES string of the molecule is CC(CN1CCCC1)Nc1ccc(N)c(OCC2CC2)n1. The second kappa shape index (κ2) is 6.52.